The Morgan fingerprint density at radius 1 is 0.746 bits per heavy atom. The van der Waals surface area contributed by atoms with Gasteiger partial charge >= 0.3 is 0 Å². The van der Waals surface area contributed by atoms with Crippen molar-refractivity contribution in [3.05, 3.63) is 87.7 Å². The molecule has 6 aliphatic rings. The minimum absolute atomic E-state index is 0.0736. The number of rotatable bonds is 6. The van der Waals surface area contributed by atoms with E-state index in [1.807, 2.05) is 24.3 Å². The van der Waals surface area contributed by atoms with Gasteiger partial charge in [0, 0.05) is 95.0 Å². The van der Waals surface area contributed by atoms with Gasteiger partial charge in [-0.15, -0.1) is 0 Å². The summed E-state index contributed by atoms with van der Waals surface area (Å²) >= 11 is 6.31. The molecule has 1 unspecified atom stereocenters. The molecule has 1 atom stereocenters. The Balaban J connectivity index is 0.745. The maximum absolute atomic E-state index is 15.6. The van der Waals surface area contributed by atoms with Crippen LogP contribution in [0.5, 0.6) is 0 Å². The molecule has 3 aromatic carbocycles. The van der Waals surface area contributed by atoms with Crippen molar-refractivity contribution in [3.63, 3.8) is 0 Å². The fraction of sp³-hybridized carbons (Fsp3) is 0.455. The van der Waals surface area contributed by atoms with Gasteiger partial charge in [-0.3, -0.25) is 39.1 Å². The lowest BCUT2D eigenvalue weighted by Crippen LogP contribution is -2.54. The Kier molecular flexibility index (Phi) is 10.3. The van der Waals surface area contributed by atoms with Crippen LogP contribution in [0.15, 0.2) is 54.6 Å². The molecule has 59 heavy (non-hydrogen) atoms. The molecule has 0 aliphatic carbocycles. The van der Waals surface area contributed by atoms with Crippen LogP contribution in [0.1, 0.15) is 81.6 Å². The van der Waals surface area contributed by atoms with Crippen molar-refractivity contribution in [3.8, 4) is 6.07 Å². The first-order valence-corrected chi connectivity index (χ1v) is 21.0. The van der Waals surface area contributed by atoms with Crippen molar-refractivity contribution in [1.29, 1.82) is 5.26 Å². The summed E-state index contributed by atoms with van der Waals surface area (Å²) in [5.74, 6) is -2.84. The number of nitrogens with one attached hydrogen (secondary N) is 1. The van der Waals surface area contributed by atoms with E-state index in [2.05, 4.69) is 31.0 Å². The van der Waals surface area contributed by atoms with E-state index >= 15 is 4.39 Å². The minimum Gasteiger partial charge on any atom is -0.371 e. The van der Waals surface area contributed by atoms with Gasteiger partial charge in [0.15, 0.2) is 0 Å². The summed E-state index contributed by atoms with van der Waals surface area (Å²) in [6, 6.07) is 17.3. The van der Waals surface area contributed by atoms with E-state index in [0.29, 0.717) is 42.8 Å². The smallest absolute Gasteiger partial charge is 0.262 e. The number of nitrogens with zero attached hydrogens (tertiary/aromatic N) is 7. The standard InChI is InChI=1S/C44H46ClFN8O5/c45-36-24-31(2-1-28(36)26-47)53-18-13-44(27-53)11-16-50(17-12-44)32-4-6-34(37(46)25-32)41(57)52-21-19-51(20-22-52)29-9-14-49(15-10-29)30-3-5-33-35(23-30)43(59)54(42(33)58)38-7-8-39(55)48-40(38)56/h1-6,23-25,29,38H,7-22,27H2,(H,48,55,56). The second-order valence-corrected chi connectivity index (χ2v) is 17.2. The van der Waals surface area contributed by atoms with E-state index in [4.69, 9.17) is 11.6 Å². The van der Waals surface area contributed by atoms with Crippen LogP contribution in [0.3, 0.4) is 0 Å². The van der Waals surface area contributed by atoms with Crippen LogP contribution in [0.4, 0.5) is 21.5 Å². The predicted molar refractivity (Wildman–Crippen MR) is 219 cm³/mol. The molecular weight excluding hydrogens is 775 g/mol. The number of halogens is 2. The third kappa shape index (κ3) is 7.29. The highest BCUT2D eigenvalue weighted by Crippen LogP contribution is 2.43. The van der Waals surface area contributed by atoms with Crippen LogP contribution in [0, 0.1) is 22.6 Å². The van der Waals surface area contributed by atoms with Gasteiger partial charge in [-0.25, -0.2) is 4.39 Å². The lowest BCUT2D eigenvalue weighted by Gasteiger charge is -2.43. The Morgan fingerprint density at radius 3 is 2.05 bits per heavy atom. The third-order valence-electron chi connectivity index (χ3n) is 13.6. The van der Waals surface area contributed by atoms with E-state index in [9.17, 15) is 29.2 Å². The average molecular weight is 821 g/mol. The van der Waals surface area contributed by atoms with E-state index in [-0.39, 0.29) is 40.9 Å². The highest BCUT2D eigenvalue weighted by molar-refractivity contribution is 6.32. The molecule has 9 rings (SSSR count). The molecule has 5 amide bonds. The lowest BCUT2D eigenvalue weighted by molar-refractivity contribution is -0.136. The third-order valence-corrected chi connectivity index (χ3v) is 13.9. The number of carbonyl (C=O) groups is 5. The second kappa shape index (κ2) is 15.6. The largest absolute Gasteiger partial charge is 0.371 e. The summed E-state index contributed by atoms with van der Waals surface area (Å²) in [5.41, 5.74) is 3.98. The summed E-state index contributed by atoms with van der Waals surface area (Å²) in [5, 5.41) is 11.9. The molecule has 306 valence electrons. The van der Waals surface area contributed by atoms with Crippen LogP contribution in [0.25, 0.3) is 0 Å². The number of hydrogen-bond acceptors (Lipinski definition) is 10. The van der Waals surface area contributed by atoms with Crippen LogP contribution in [0.2, 0.25) is 5.02 Å². The SMILES string of the molecule is N#Cc1ccc(N2CCC3(CCN(c4ccc(C(=O)N5CCN(C6CCN(c7ccc8c(c7)C(=O)N(C7CCC(=O)NC7=O)C8=O)CC6)CC5)c(F)c4)CC3)C2)cc1Cl. The van der Waals surface area contributed by atoms with Crippen molar-refractivity contribution < 1.29 is 28.4 Å². The van der Waals surface area contributed by atoms with E-state index in [0.717, 1.165) is 93.3 Å². The number of piperazine rings is 1. The molecule has 0 radical (unpaired) electrons. The number of benzene rings is 3. The first-order valence-electron chi connectivity index (χ1n) is 20.6. The van der Waals surface area contributed by atoms with Crippen LogP contribution in [-0.2, 0) is 9.59 Å². The zero-order chi connectivity index (χ0) is 41.0. The number of amides is 5. The Morgan fingerprint density at radius 2 is 1.37 bits per heavy atom. The Hall–Kier alpha value is -5.52. The van der Waals surface area contributed by atoms with Crippen molar-refractivity contribution in [2.75, 3.05) is 80.1 Å². The molecule has 1 spiro atoms. The molecule has 15 heteroatoms. The van der Waals surface area contributed by atoms with Gasteiger partial charge in [0.25, 0.3) is 17.7 Å². The normalized spacial score (nSPS) is 22.6. The fourth-order valence-corrected chi connectivity index (χ4v) is 10.3. The molecule has 6 aliphatic heterocycles. The molecule has 0 bridgehead atoms. The van der Waals surface area contributed by atoms with Gasteiger partial charge in [0.1, 0.15) is 17.9 Å². The number of piperidine rings is 3. The molecule has 1 N–H and O–H groups in total. The van der Waals surface area contributed by atoms with Gasteiger partial charge in [-0.1, -0.05) is 11.6 Å². The van der Waals surface area contributed by atoms with Gasteiger partial charge in [0.2, 0.25) is 11.8 Å². The monoisotopic (exact) mass is 820 g/mol. The van der Waals surface area contributed by atoms with Crippen LogP contribution >= 0.6 is 11.6 Å². The summed E-state index contributed by atoms with van der Waals surface area (Å²) in [6.45, 7) is 7.44. The maximum Gasteiger partial charge on any atom is 0.262 e. The van der Waals surface area contributed by atoms with Crippen LogP contribution < -0.4 is 20.0 Å². The molecule has 6 heterocycles. The van der Waals surface area contributed by atoms with Crippen molar-refractivity contribution in [2.45, 2.75) is 57.0 Å². The number of anilines is 3. The first kappa shape index (κ1) is 39.0. The van der Waals surface area contributed by atoms with E-state index < -0.39 is 35.5 Å². The number of fused-ring (bicyclic) bond motifs is 1. The van der Waals surface area contributed by atoms with Gasteiger partial charge in [0.05, 0.1) is 27.3 Å². The van der Waals surface area contributed by atoms with E-state index in [1.165, 1.54) is 6.07 Å². The Bertz CT molecular complexity index is 2270. The number of nitriles is 1. The predicted octanol–water partition coefficient (Wildman–Crippen LogP) is 4.68. The minimum atomic E-state index is -0.997. The highest BCUT2D eigenvalue weighted by atomic mass is 35.5. The summed E-state index contributed by atoms with van der Waals surface area (Å²) < 4.78 is 15.6. The molecule has 0 aromatic heterocycles. The molecule has 0 saturated carbocycles. The van der Waals surface area contributed by atoms with E-state index in [1.54, 1.807) is 29.2 Å². The van der Waals surface area contributed by atoms with Crippen molar-refractivity contribution in [2.24, 2.45) is 5.41 Å². The number of carbonyl (C=O) groups excluding carboxylic acids is 5. The van der Waals surface area contributed by atoms with Gasteiger partial charge < -0.3 is 19.6 Å². The zero-order valence-electron chi connectivity index (χ0n) is 32.8. The second-order valence-electron chi connectivity index (χ2n) is 16.8. The maximum atomic E-state index is 15.6. The van der Waals surface area contributed by atoms with Gasteiger partial charge in [-0.05, 0) is 98.5 Å². The lowest BCUT2D eigenvalue weighted by atomic mass is 9.77. The molecule has 13 nitrogen and oxygen atoms in total. The summed E-state index contributed by atoms with van der Waals surface area (Å²) in [6.07, 6.45) is 5.02. The summed E-state index contributed by atoms with van der Waals surface area (Å²) in [7, 11) is 0. The average Bonchev–Trinajstić information content (AvgIpc) is 3.77. The molecular formula is C44H46ClFN8O5. The Labute approximate surface area is 347 Å². The van der Waals surface area contributed by atoms with Gasteiger partial charge in [-0.2, -0.15) is 5.26 Å². The zero-order valence-corrected chi connectivity index (χ0v) is 33.6. The quantitative estimate of drug-likeness (QED) is 0.349. The molecule has 5 fully saturated rings. The summed E-state index contributed by atoms with van der Waals surface area (Å²) in [4.78, 5) is 76.1. The van der Waals surface area contributed by atoms with Crippen molar-refractivity contribution in [1.82, 2.24) is 20.0 Å². The topological polar surface area (TPSA) is 141 Å². The molecule has 3 aromatic rings. The molecule has 5 saturated heterocycles. The van der Waals surface area contributed by atoms with Crippen molar-refractivity contribution >= 4 is 58.2 Å². The van der Waals surface area contributed by atoms with Crippen LogP contribution in [-0.4, -0.2) is 122 Å². The fourth-order valence-electron chi connectivity index (χ4n) is 10.1. The first-order chi connectivity index (χ1) is 28.5. The highest BCUT2D eigenvalue weighted by Gasteiger charge is 2.45. The number of imide groups is 2. The number of hydrogen-bond donors (Lipinski definition) is 1.